The van der Waals surface area contributed by atoms with E-state index in [9.17, 15) is 4.39 Å². The molecule has 1 aromatic carbocycles. The zero-order valence-electron chi connectivity index (χ0n) is 10.7. The van der Waals surface area contributed by atoms with Crippen LogP contribution in [0.2, 0.25) is 0 Å². The molecule has 2 aromatic rings. The molecule has 0 aliphatic carbocycles. The first-order valence-electron chi connectivity index (χ1n) is 6.38. The van der Waals surface area contributed by atoms with Crippen LogP contribution >= 0.6 is 27.3 Å². The molecule has 0 saturated carbocycles. The Kier molecular flexibility index (Phi) is 3.63. The number of fused-ring (bicyclic) bond motifs is 1. The van der Waals surface area contributed by atoms with E-state index in [-0.39, 0.29) is 11.9 Å². The standard InChI is InChI=1S/C15H15BrFNS/c1-10-12-5-7-19-15(12)4-6-18(10)14-3-2-11(9-16)8-13(14)17/h2-3,5,7-8,10H,4,6,9H2,1H3. The highest BCUT2D eigenvalue weighted by Crippen LogP contribution is 2.37. The third kappa shape index (κ3) is 2.32. The lowest BCUT2D eigenvalue weighted by atomic mass is 10.0. The van der Waals surface area contributed by atoms with Crippen LogP contribution in [0.4, 0.5) is 10.1 Å². The molecule has 1 nitrogen and oxygen atoms in total. The number of hydrogen-bond donors (Lipinski definition) is 0. The molecule has 4 heteroatoms. The van der Waals surface area contributed by atoms with Gasteiger partial charge in [-0.15, -0.1) is 11.3 Å². The molecule has 0 amide bonds. The summed E-state index contributed by atoms with van der Waals surface area (Å²) in [4.78, 5) is 3.61. The van der Waals surface area contributed by atoms with Gasteiger partial charge in [-0.1, -0.05) is 22.0 Å². The van der Waals surface area contributed by atoms with Gasteiger partial charge in [-0.3, -0.25) is 0 Å². The molecule has 0 fully saturated rings. The van der Waals surface area contributed by atoms with Gasteiger partial charge >= 0.3 is 0 Å². The fourth-order valence-electron chi connectivity index (χ4n) is 2.71. The summed E-state index contributed by atoms with van der Waals surface area (Å²) in [5.41, 5.74) is 3.04. The van der Waals surface area contributed by atoms with Crippen molar-refractivity contribution < 1.29 is 4.39 Å². The first kappa shape index (κ1) is 13.1. The summed E-state index contributed by atoms with van der Waals surface area (Å²) >= 11 is 5.17. The molecule has 100 valence electrons. The summed E-state index contributed by atoms with van der Waals surface area (Å²) in [7, 11) is 0. The lowest BCUT2D eigenvalue weighted by molar-refractivity contribution is 0.581. The van der Waals surface area contributed by atoms with Crippen LogP contribution in [0.1, 0.15) is 29.0 Å². The molecule has 1 aromatic heterocycles. The second kappa shape index (κ2) is 5.25. The van der Waals surface area contributed by atoms with Gasteiger partial charge in [-0.25, -0.2) is 4.39 Å². The Morgan fingerprint density at radius 2 is 2.26 bits per heavy atom. The Hall–Kier alpha value is -0.870. The Morgan fingerprint density at radius 1 is 1.42 bits per heavy atom. The predicted molar refractivity (Wildman–Crippen MR) is 82.8 cm³/mol. The third-order valence-electron chi connectivity index (χ3n) is 3.75. The highest BCUT2D eigenvalue weighted by Gasteiger charge is 2.26. The molecule has 0 spiro atoms. The van der Waals surface area contributed by atoms with Gasteiger partial charge in [-0.05, 0) is 48.1 Å². The number of thiophene rings is 1. The van der Waals surface area contributed by atoms with Crippen LogP contribution in [0.5, 0.6) is 0 Å². The van der Waals surface area contributed by atoms with Crippen molar-refractivity contribution in [3.8, 4) is 0 Å². The van der Waals surface area contributed by atoms with Gasteiger partial charge in [0, 0.05) is 16.8 Å². The number of alkyl halides is 1. The molecular formula is C15H15BrFNS. The molecule has 1 unspecified atom stereocenters. The predicted octanol–water partition coefficient (Wildman–Crippen LogP) is 4.91. The van der Waals surface area contributed by atoms with Gasteiger partial charge in [0.1, 0.15) is 5.82 Å². The number of halogens is 2. The minimum absolute atomic E-state index is 0.123. The maximum absolute atomic E-state index is 14.2. The summed E-state index contributed by atoms with van der Waals surface area (Å²) in [6.45, 7) is 3.04. The number of hydrogen-bond acceptors (Lipinski definition) is 2. The van der Waals surface area contributed by atoms with E-state index in [2.05, 4.69) is 39.2 Å². The minimum atomic E-state index is -0.123. The summed E-state index contributed by atoms with van der Waals surface area (Å²) < 4.78 is 14.2. The van der Waals surface area contributed by atoms with Crippen molar-refractivity contribution >= 4 is 33.0 Å². The Labute approximate surface area is 125 Å². The highest BCUT2D eigenvalue weighted by atomic mass is 79.9. The average Bonchev–Trinajstić information content (AvgIpc) is 2.89. The molecule has 1 aliphatic rings. The first-order chi connectivity index (χ1) is 9.20. The summed E-state index contributed by atoms with van der Waals surface area (Å²) in [5, 5.41) is 2.82. The molecule has 0 N–H and O–H groups in total. The number of benzene rings is 1. The topological polar surface area (TPSA) is 3.24 Å². The van der Waals surface area contributed by atoms with Crippen molar-refractivity contribution in [3.63, 3.8) is 0 Å². The van der Waals surface area contributed by atoms with Gasteiger partial charge in [0.25, 0.3) is 0 Å². The monoisotopic (exact) mass is 339 g/mol. The average molecular weight is 340 g/mol. The van der Waals surface area contributed by atoms with E-state index >= 15 is 0 Å². The fourth-order valence-corrected chi connectivity index (χ4v) is 4.02. The zero-order valence-corrected chi connectivity index (χ0v) is 13.1. The van der Waals surface area contributed by atoms with Gasteiger partial charge < -0.3 is 4.90 Å². The fraction of sp³-hybridized carbons (Fsp3) is 0.333. The zero-order chi connectivity index (χ0) is 13.4. The molecule has 1 atom stereocenters. The van der Waals surface area contributed by atoms with Crippen LogP contribution in [0.25, 0.3) is 0 Å². The molecule has 0 bridgehead atoms. The van der Waals surface area contributed by atoms with E-state index in [4.69, 9.17) is 0 Å². The van der Waals surface area contributed by atoms with Crippen LogP contribution in [0, 0.1) is 5.82 Å². The molecule has 0 radical (unpaired) electrons. The molecule has 3 rings (SSSR count). The van der Waals surface area contributed by atoms with Crippen molar-refractivity contribution in [3.05, 3.63) is 51.5 Å². The smallest absolute Gasteiger partial charge is 0.146 e. The summed E-state index contributed by atoms with van der Waals surface area (Å²) in [6.07, 6.45) is 1.01. The summed E-state index contributed by atoms with van der Waals surface area (Å²) in [5.74, 6) is -0.123. The minimum Gasteiger partial charge on any atom is -0.362 e. The van der Waals surface area contributed by atoms with Crippen LogP contribution in [0.3, 0.4) is 0 Å². The van der Waals surface area contributed by atoms with Gasteiger partial charge in [0.15, 0.2) is 0 Å². The Balaban J connectivity index is 1.95. The number of nitrogens with zero attached hydrogens (tertiary/aromatic N) is 1. The van der Waals surface area contributed by atoms with Crippen molar-refractivity contribution in [2.24, 2.45) is 0 Å². The molecular weight excluding hydrogens is 325 g/mol. The molecule has 0 saturated heterocycles. The van der Waals surface area contributed by atoms with Crippen LogP contribution < -0.4 is 4.90 Å². The van der Waals surface area contributed by atoms with Crippen molar-refractivity contribution in [2.75, 3.05) is 11.4 Å². The second-order valence-electron chi connectivity index (χ2n) is 4.84. The van der Waals surface area contributed by atoms with E-state index in [0.717, 1.165) is 18.5 Å². The van der Waals surface area contributed by atoms with E-state index in [1.165, 1.54) is 10.4 Å². The largest absolute Gasteiger partial charge is 0.362 e. The SMILES string of the molecule is CC1c2ccsc2CCN1c1ccc(CBr)cc1F. The lowest BCUT2D eigenvalue weighted by Gasteiger charge is -2.35. The first-order valence-corrected chi connectivity index (χ1v) is 8.38. The van der Waals surface area contributed by atoms with Crippen molar-refractivity contribution in [1.82, 2.24) is 0 Å². The van der Waals surface area contributed by atoms with Crippen LogP contribution in [-0.2, 0) is 11.8 Å². The van der Waals surface area contributed by atoms with Gasteiger partial charge in [-0.2, -0.15) is 0 Å². The Morgan fingerprint density at radius 3 is 3.00 bits per heavy atom. The quantitative estimate of drug-likeness (QED) is 0.703. The summed E-state index contributed by atoms with van der Waals surface area (Å²) in [6, 6.07) is 7.93. The Bertz CT molecular complexity index is 596. The van der Waals surface area contributed by atoms with Gasteiger partial charge in [0.05, 0.1) is 11.7 Å². The maximum Gasteiger partial charge on any atom is 0.146 e. The third-order valence-corrected chi connectivity index (χ3v) is 5.40. The van der Waals surface area contributed by atoms with E-state index in [1.807, 2.05) is 23.5 Å². The lowest BCUT2D eigenvalue weighted by Crippen LogP contribution is -2.33. The second-order valence-corrected chi connectivity index (χ2v) is 6.40. The van der Waals surface area contributed by atoms with E-state index < -0.39 is 0 Å². The van der Waals surface area contributed by atoms with Crippen LogP contribution in [-0.4, -0.2) is 6.54 Å². The van der Waals surface area contributed by atoms with Crippen molar-refractivity contribution in [2.45, 2.75) is 24.7 Å². The number of anilines is 1. The molecule has 19 heavy (non-hydrogen) atoms. The van der Waals surface area contributed by atoms with Crippen molar-refractivity contribution in [1.29, 1.82) is 0 Å². The van der Waals surface area contributed by atoms with E-state index in [1.54, 1.807) is 6.07 Å². The maximum atomic E-state index is 14.2. The van der Waals surface area contributed by atoms with E-state index in [0.29, 0.717) is 11.0 Å². The number of rotatable bonds is 2. The van der Waals surface area contributed by atoms with Crippen LogP contribution in [0.15, 0.2) is 29.6 Å². The normalized spacial score (nSPS) is 18.5. The van der Waals surface area contributed by atoms with Gasteiger partial charge in [0.2, 0.25) is 0 Å². The molecule has 2 heterocycles. The highest BCUT2D eigenvalue weighted by molar-refractivity contribution is 9.08. The molecule has 1 aliphatic heterocycles.